The van der Waals surface area contributed by atoms with E-state index in [9.17, 15) is 8.42 Å². The first kappa shape index (κ1) is 16.5. The normalized spacial score (nSPS) is 21.0. The number of sulfonamides is 1. The predicted octanol–water partition coefficient (Wildman–Crippen LogP) is 0.781. The molecule has 3 heterocycles. The maximum atomic E-state index is 12.0. The first-order chi connectivity index (χ1) is 12.1. The van der Waals surface area contributed by atoms with E-state index in [1.54, 1.807) is 24.7 Å². The average Bonchev–Trinajstić information content (AvgIpc) is 3.41. The first-order valence-electron chi connectivity index (χ1n) is 8.63. The lowest BCUT2D eigenvalue weighted by molar-refractivity contribution is 0.406. The molecule has 0 spiro atoms. The molecule has 0 amide bonds. The Morgan fingerprint density at radius 1 is 1.16 bits per heavy atom. The highest BCUT2D eigenvalue weighted by Crippen LogP contribution is 2.27. The zero-order valence-corrected chi connectivity index (χ0v) is 14.8. The van der Waals surface area contributed by atoms with Gasteiger partial charge < -0.3 is 4.90 Å². The van der Waals surface area contributed by atoms with Gasteiger partial charge in [-0.2, -0.15) is 5.10 Å². The number of fused-ring (bicyclic) bond motifs is 1. The Morgan fingerprint density at radius 2 is 1.96 bits per heavy atom. The van der Waals surface area contributed by atoms with Crippen molar-refractivity contribution in [2.45, 2.75) is 37.6 Å². The number of nitrogens with zero attached hydrogens (tertiary/aromatic N) is 5. The fourth-order valence-corrected chi connectivity index (χ4v) is 4.62. The molecule has 4 rings (SSSR count). The van der Waals surface area contributed by atoms with E-state index in [-0.39, 0.29) is 11.2 Å². The van der Waals surface area contributed by atoms with Crippen LogP contribution in [0.3, 0.4) is 0 Å². The number of nitrogens with one attached hydrogen (secondary N) is 1. The minimum absolute atomic E-state index is 0.173. The molecule has 2 aliphatic rings. The highest BCUT2D eigenvalue weighted by molar-refractivity contribution is 7.90. The Kier molecular flexibility index (Phi) is 4.43. The summed E-state index contributed by atoms with van der Waals surface area (Å²) in [7, 11) is -3.12. The van der Waals surface area contributed by atoms with Crippen LogP contribution >= 0.6 is 0 Å². The SMILES string of the molecule is O=S(=O)(NCCC1CN(c2ncccn2)Cc2ccnn2C1)C1CC1. The second-order valence-electron chi connectivity index (χ2n) is 6.73. The molecule has 1 aliphatic carbocycles. The number of anilines is 1. The standard InChI is InChI=1S/C16H22N6O2S/c23-25(24,15-2-3-15)20-9-4-13-10-21(16-17-6-1-7-18-16)12-14-5-8-19-22(14)11-13/h1,5-8,13,15,20H,2-4,9-12H2. The van der Waals surface area contributed by atoms with E-state index in [0.717, 1.165) is 38.0 Å². The third kappa shape index (κ3) is 3.82. The molecule has 9 heteroatoms. The Hall–Kier alpha value is -2.00. The predicted molar refractivity (Wildman–Crippen MR) is 93.4 cm³/mol. The molecule has 1 unspecified atom stereocenters. The molecule has 1 aliphatic heterocycles. The number of hydrogen-bond acceptors (Lipinski definition) is 6. The van der Waals surface area contributed by atoms with Crippen molar-refractivity contribution in [2.75, 3.05) is 18.0 Å². The van der Waals surface area contributed by atoms with Crippen molar-refractivity contribution in [3.63, 3.8) is 0 Å². The molecule has 0 aromatic carbocycles. The van der Waals surface area contributed by atoms with Gasteiger partial charge in [0, 0.05) is 38.2 Å². The summed E-state index contributed by atoms with van der Waals surface area (Å²) >= 11 is 0. The second-order valence-corrected chi connectivity index (χ2v) is 8.77. The number of rotatable bonds is 6. The van der Waals surface area contributed by atoms with E-state index in [1.165, 1.54) is 0 Å². The summed E-state index contributed by atoms with van der Waals surface area (Å²) in [6, 6.07) is 3.81. The lowest BCUT2D eigenvalue weighted by atomic mass is 10.1. The molecule has 0 radical (unpaired) electrons. The van der Waals surface area contributed by atoms with Crippen LogP contribution in [0.4, 0.5) is 5.95 Å². The van der Waals surface area contributed by atoms with Gasteiger partial charge in [0.1, 0.15) is 0 Å². The third-order valence-corrected chi connectivity index (χ3v) is 6.68. The van der Waals surface area contributed by atoms with Crippen molar-refractivity contribution in [1.82, 2.24) is 24.5 Å². The summed E-state index contributed by atoms with van der Waals surface area (Å²) in [6.45, 7) is 2.72. The molecule has 1 fully saturated rings. The summed E-state index contributed by atoms with van der Waals surface area (Å²) in [4.78, 5) is 10.9. The van der Waals surface area contributed by atoms with Gasteiger partial charge in [0.05, 0.1) is 17.5 Å². The van der Waals surface area contributed by atoms with Crippen LogP contribution in [0.5, 0.6) is 0 Å². The van der Waals surface area contributed by atoms with E-state index < -0.39 is 10.0 Å². The molecule has 1 N–H and O–H groups in total. The van der Waals surface area contributed by atoms with Gasteiger partial charge >= 0.3 is 0 Å². The van der Waals surface area contributed by atoms with Gasteiger partial charge in [-0.05, 0) is 37.3 Å². The quantitative estimate of drug-likeness (QED) is 0.816. The molecule has 0 bridgehead atoms. The smallest absolute Gasteiger partial charge is 0.225 e. The molecule has 1 saturated carbocycles. The first-order valence-corrected chi connectivity index (χ1v) is 10.2. The van der Waals surface area contributed by atoms with E-state index in [4.69, 9.17) is 0 Å². The molecule has 0 saturated heterocycles. The Morgan fingerprint density at radius 3 is 2.72 bits per heavy atom. The summed E-state index contributed by atoms with van der Waals surface area (Å²) in [5.74, 6) is 0.965. The van der Waals surface area contributed by atoms with Gasteiger partial charge in [-0.15, -0.1) is 0 Å². The van der Waals surface area contributed by atoms with Crippen LogP contribution in [0.1, 0.15) is 25.0 Å². The van der Waals surface area contributed by atoms with Gasteiger partial charge in [0.15, 0.2) is 0 Å². The molecule has 25 heavy (non-hydrogen) atoms. The van der Waals surface area contributed by atoms with Crippen LogP contribution in [0.2, 0.25) is 0 Å². The van der Waals surface area contributed by atoms with Crippen LogP contribution in [-0.2, 0) is 23.1 Å². The minimum atomic E-state index is -3.12. The van der Waals surface area contributed by atoms with E-state index >= 15 is 0 Å². The second kappa shape index (κ2) is 6.72. The van der Waals surface area contributed by atoms with Crippen LogP contribution < -0.4 is 9.62 Å². The molecule has 8 nitrogen and oxygen atoms in total. The Labute approximate surface area is 147 Å². The highest BCUT2D eigenvalue weighted by Gasteiger charge is 2.35. The maximum Gasteiger partial charge on any atom is 0.225 e. The molecule has 1 atom stereocenters. The fourth-order valence-electron chi connectivity index (χ4n) is 3.22. The molecule has 134 valence electrons. The third-order valence-electron chi connectivity index (χ3n) is 4.72. The fraction of sp³-hybridized carbons (Fsp3) is 0.562. The monoisotopic (exact) mass is 362 g/mol. The van der Waals surface area contributed by atoms with E-state index in [1.807, 2.05) is 10.7 Å². The van der Waals surface area contributed by atoms with Crippen molar-refractivity contribution in [3.05, 3.63) is 36.4 Å². The van der Waals surface area contributed by atoms with Crippen LogP contribution in [-0.4, -0.2) is 46.5 Å². The zero-order valence-electron chi connectivity index (χ0n) is 14.0. The van der Waals surface area contributed by atoms with Gasteiger partial charge in [-0.1, -0.05) is 0 Å². The lowest BCUT2D eigenvalue weighted by Crippen LogP contribution is -2.33. The minimum Gasteiger partial charge on any atom is -0.335 e. The van der Waals surface area contributed by atoms with Crippen molar-refractivity contribution in [3.8, 4) is 0 Å². The summed E-state index contributed by atoms with van der Waals surface area (Å²) in [5.41, 5.74) is 1.12. The van der Waals surface area contributed by atoms with Crippen molar-refractivity contribution in [1.29, 1.82) is 0 Å². The lowest BCUT2D eigenvalue weighted by Gasteiger charge is -2.24. The van der Waals surface area contributed by atoms with Gasteiger partial charge in [-0.25, -0.2) is 23.1 Å². The average molecular weight is 362 g/mol. The molecule has 2 aromatic heterocycles. The van der Waals surface area contributed by atoms with Crippen LogP contribution in [0.25, 0.3) is 0 Å². The largest absolute Gasteiger partial charge is 0.335 e. The summed E-state index contributed by atoms with van der Waals surface area (Å²) < 4.78 is 28.7. The highest BCUT2D eigenvalue weighted by atomic mass is 32.2. The number of hydrogen-bond donors (Lipinski definition) is 1. The van der Waals surface area contributed by atoms with Gasteiger partial charge in [0.25, 0.3) is 0 Å². The Balaban J connectivity index is 1.45. The molecular weight excluding hydrogens is 340 g/mol. The molecular formula is C16H22N6O2S. The van der Waals surface area contributed by atoms with Crippen molar-refractivity contribution in [2.24, 2.45) is 5.92 Å². The van der Waals surface area contributed by atoms with Crippen molar-refractivity contribution >= 4 is 16.0 Å². The summed E-state index contributed by atoms with van der Waals surface area (Å²) in [6.07, 6.45) is 7.61. The Bertz CT molecular complexity index is 818. The number of aromatic nitrogens is 4. The van der Waals surface area contributed by atoms with Crippen LogP contribution in [0.15, 0.2) is 30.7 Å². The van der Waals surface area contributed by atoms with Gasteiger partial charge in [-0.3, -0.25) is 4.68 Å². The van der Waals surface area contributed by atoms with Gasteiger partial charge in [0.2, 0.25) is 16.0 Å². The van der Waals surface area contributed by atoms with Crippen LogP contribution in [0, 0.1) is 5.92 Å². The van der Waals surface area contributed by atoms with E-state index in [0.29, 0.717) is 19.0 Å². The van der Waals surface area contributed by atoms with Crippen molar-refractivity contribution < 1.29 is 8.42 Å². The zero-order chi connectivity index (χ0) is 17.3. The summed E-state index contributed by atoms with van der Waals surface area (Å²) in [5, 5.41) is 4.23. The molecule has 2 aromatic rings. The van der Waals surface area contributed by atoms with E-state index in [2.05, 4.69) is 24.7 Å². The maximum absolute atomic E-state index is 12.0. The topological polar surface area (TPSA) is 93.0 Å².